The summed E-state index contributed by atoms with van der Waals surface area (Å²) in [5, 5.41) is 2.43. The molecule has 9 heteroatoms. The Morgan fingerprint density at radius 3 is 2.03 bits per heavy atom. The molecule has 0 heterocycles. The van der Waals surface area contributed by atoms with Crippen LogP contribution >= 0.6 is 0 Å². The molecule has 0 fully saturated rings. The van der Waals surface area contributed by atoms with Crippen molar-refractivity contribution in [3.63, 3.8) is 0 Å². The van der Waals surface area contributed by atoms with Gasteiger partial charge in [-0.05, 0) is 26.2 Å². The molecule has 0 aromatic rings. The second-order valence-electron chi connectivity index (χ2n) is 6.25. The maximum absolute atomic E-state index is 12.3. The topological polar surface area (TPSA) is 148 Å². The van der Waals surface area contributed by atoms with E-state index in [1.807, 2.05) is 20.8 Å². The summed E-state index contributed by atoms with van der Waals surface area (Å²) >= 11 is 0. The quantitative estimate of drug-likeness (QED) is 0.202. The molecule has 170 valence electrons. The van der Waals surface area contributed by atoms with Crippen molar-refractivity contribution in [2.45, 2.75) is 80.2 Å². The number of guanidine groups is 1. The first-order valence-corrected chi connectivity index (χ1v) is 10.3. The van der Waals surface area contributed by atoms with Gasteiger partial charge in [0.1, 0.15) is 11.8 Å². The second-order valence-corrected chi connectivity index (χ2v) is 6.25. The lowest BCUT2D eigenvalue weighted by molar-refractivity contribution is -0.149. The summed E-state index contributed by atoms with van der Waals surface area (Å²) in [6, 6.07) is -1.00. The lowest BCUT2D eigenvalue weighted by atomic mass is 10.0. The van der Waals surface area contributed by atoms with Gasteiger partial charge in [0.05, 0.1) is 6.54 Å². The van der Waals surface area contributed by atoms with Gasteiger partial charge < -0.3 is 16.8 Å². The van der Waals surface area contributed by atoms with Crippen molar-refractivity contribution in [3.05, 3.63) is 0 Å². The van der Waals surface area contributed by atoms with Crippen LogP contribution in [0, 0.1) is 5.92 Å². The molecule has 9 nitrogen and oxygen atoms in total. The summed E-state index contributed by atoms with van der Waals surface area (Å²) in [6.07, 6.45) is 2.74. The van der Waals surface area contributed by atoms with E-state index in [9.17, 15) is 19.2 Å². The molecule has 0 aromatic heterocycles. The van der Waals surface area contributed by atoms with Crippen molar-refractivity contribution in [2.24, 2.45) is 22.4 Å². The van der Waals surface area contributed by atoms with Crippen molar-refractivity contribution in [1.29, 1.82) is 0 Å². The number of nitrogens with two attached hydrogens (primary N) is 2. The zero-order chi connectivity index (χ0) is 23.4. The maximum atomic E-state index is 12.3. The summed E-state index contributed by atoms with van der Waals surface area (Å²) in [6.45, 7) is 13.2. The Balaban J connectivity index is -0.00000123. The van der Waals surface area contributed by atoms with Crippen molar-refractivity contribution in [1.82, 2.24) is 10.2 Å². The molecule has 0 aliphatic heterocycles. The number of ketones is 1. The molecular weight excluding hydrogens is 374 g/mol. The first-order chi connectivity index (χ1) is 13.7. The SMILES string of the molecule is CC.CCC.CCC(C)C(=O)N(C=O)C(CCCN=C(N)N)C(=O)NCC(C)=O. The van der Waals surface area contributed by atoms with Gasteiger partial charge in [0.25, 0.3) is 0 Å². The summed E-state index contributed by atoms with van der Waals surface area (Å²) in [4.78, 5) is 51.7. The number of amides is 3. The molecule has 0 radical (unpaired) electrons. The molecule has 0 aromatic carbocycles. The fourth-order valence-corrected chi connectivity index (χ4v) is 1.93. The highest BCUT2D eigenvalue weighted by Crippen LogP contribution is 2.13. The molecule has 0 spiro atoms. The van der Waals surface area contributed by atoms with Gasteiger partial charge in [-0.15, -0.1) is 0 Å². The van der Waals surface area contributed by atoms with Crippen LogP contribution in [0.1, 0.15) is 74.1 Å². The number of hydrogen-bond donors (Lipinski definition) is 3. The molecule has 0 saturated carbocycles. The van der Waals surface area contributed by atoms with Crippen molar-refractivity contribution in [3.8, 4) is 0 Å². The van der Waals surface area contributed by atoms with E-state index in [2.05, 4.69) is 24.2 Å². The fraction of sp³-hybridized carbons (Fsp3) is 0.750. The van der Waals surface area contributed by atoms with Crippen molar-refractivity contribution in [2.75, 3.05) is 13.1 Å². The third-order valence-corrected chi connectivity index (χ3v) is 3.48. The summed E-state index contributed by atoms with van der Waals surface area (Å²) in [7, 11) is 0. The van der Waals surface area contributed by atoms with E-state index in [1.54, 1.807) is 6.92 Å². The van der Waals surface area contributed by atoms with Crippen LogP contribution in [0.3, 0.4) is 0 Å². The van der Waals surface area contributed by atoms with Crippen LogP contribution < -0.4 is 16.8 Å². The highest BCUT2D eigenvalue weighted by molar-refractivity contribution is 5.95. The largest absolute Gasteiger partial charge is 0.370 e. The Bertz CT molecular complexity index is 505. The fourth-order valence-electron chi connectivity index (χ4n) is 1.93. The number of aliphatic imine (C=N–C) groups is 1. The lowest BCUT2D eigenvalue weighted by Gasteiger charge is -2.27. The van der Waals surface area contributed by atoms with Gasteiger partial charge in [-0.2, -0.15) is 0 Å². The minimum atomic E-state index is -1.00. The Hall–Kier alpha value is -2.45. The van der Waals surface area contributed by atoms with E-state index in [4.69, 9.17) is 11.5 Å². The Morgan fingerprint density at radius 1 is 1.14 bits per heavy atom. The first kappa shape index (κ1) is 31.3. The third kappa shape index (κ3) is 16.2. The normalized spacial score (nSPS) is 11.3. The molecule has 0 saturated heterocycles. The maximum Gasteiger partial charge on any atom is 0.243 e. The molecular formula is C20H41N5O4. The molecule has 29 heavy (non-hydrogen) atoms. The summed E-state index contributed by atoms with van der Waals surface area (Å²) < 4.78 is 0. The lowest BCUT2D eigenvalue weighted by Crippen LogP contribution is -2.51. The number of Topliss-reactive ketones (excluding diaryl/α,β-unsaturated/α-hetero) is 1. The minimum Gasteiger partial charge on any atom is -0.370 e. The van der Waals surface area contributed by atoms with Gasteiger partial charge >= 0.3 is 0 Å². The molecule has 0 bridgehead atoms. The van der Waals surface area contributed by atoms with Gasteiger partial charge in [-0.3, -0.25) is 29.1 Å². The van der Waals surface area contributed by atoms with Gasteiger partial charge in [0.2, 0.25) is 18.2 Å². The molecule has 2 unspecified atom stereocenters. The van der Waals surface area contributed by atoms with Gasteiger partial charge in [0.15, 0.2) is 5.96 Å². The number of carbonyl (C=O) groups is 4. The Labute approximate surface area is 175 Å². The zero-order valence-electron chi connectivity index (χ0n) is 19.2. The van der Waals surface area contributed by atoms with Crippen LogP contribution in [0.5, 0.6) is 0 Å². The standard InChI is InChI=1S/C15H27N5O4.C3H8.C2H6/c1-4-10(2)14(24)20(9-21)12(6-5-7-18-15(16)17)13(23)19-8-11(3)22;1-3-2;1-2/h9-10,12H,4-8H2,1-3H3,(H,19,23)(H4,16,17,18);3H2,1-2H3;1-2H3. The third-order valence-electron chi connectivity index (χ3n) is 3.48. The molecule has 0 aliphatic rings. The number of nitrogens with one attached hydrogen (secondary N) is 1. The molecule has 2 atom stereocenters. The van der Waals surface area contributed by atoms with E-state index >= 15 is 0 Å². The van der Waals surface area contributed by atoms with E-state index in [0.29, 0.717) is 19.3 Å². The van der Waals surface area contributed by atoms with E-state index in [1.165, 1.54) is 13.3 Å². The van der Waals surface area contributed by atoms with Gasteiger partial charge in [-0.1, -0.05) is 48.0 Å². The molecule has 5 N–H and O–H groups in total. The summed E-state index contributed by atoms with van der Waals surface area (Å²) in [5.41, 5.74) is 10.5. The van der Waals surface area contributed by atoms with Gasteiger partial charge in [0, 0.05) is 12.5 Å². The van der Waals surface area contributed by atoms with Gasteiger partial charge in [-0.25, -0.2) is 0 Å². The van der Waals surface area contributed by atoms with Crippen LogP contribution in [0.4, 0.5) is 0 Å². The molecule has 0 rings (SSSR count). The number of nitrogens with zero attached hydrogens (tertiary/aromatic N) is 2. The smallest absolute Gasteiger partial charge is 0.243 e. The minimum absolute atomic E-state index is 0.0736. The predicted octanol–water partition coefficient (Wildman–Crippen LogP) is 1.59. The van der Waals surface area contributed by atoms with E-state index < -0.39 is 23.8 Å². The predicted molar refractivity (Wildman–Crippen MR) is 117 cm³/mol. The highest BCUT2D eigenvalue weighted by Gasteiger charge is 2.31. The average Bonchev–Trinajstić information content (AvgIpc) is 2.69. The number of rotatable bonds is 11. The monoisotopic (exact) mass is 415 g/mol. The van der Waals surface area contributed by atoms with Crippen LogP contribution in [0.25, 0.3) is 0 Å². The van der Waals surface area contributed by atoms with E-state index in [0.717, 1.165) is 4.90 Å². The number of hydrogen-bond acceptors (Lipinski definition) is 5. The zero-order valence-corrected chi connectivity index (χ0v) is 19.2. The second kappa shape index (κ2) is 20.3. The molecule has 0 aliphatic carbocycles. The Kier molecular flexibility index (Phi) is 21.9. The van der Waals surface area contributed by atoms with Crippen LogP contribution in [0.2, 0.25) is 0 Å². The Morgan fingerprint density at radius 2 is 1.66 bits per heavy atom. The number of carbonyl (C=O) groups excluding carboxylic acids is 4. The molecule has 3 amide bonds. The number of imide groups is 1. The first-order valence-electron chi connectivity index (χ1n) is 10.3. The average molecular weight is 416 g/mol. The van der Waals surface area contributed by atoms with E-state index in [-0.39, 0.29) is 31.3 Å². The van der Waals surface area contributed by atoms with Crippen molar-refractivity contribution < 1.29 is 19.2 Å². The van der Waals surface area contributed by atoms with Crippen LogP contribution in [-0.4, -0.2) is 54.0 Å². The van der Waals surface area contributed by atoms with Crippen molar-refractivity contribution >= 4 is 30.0 Å². The van der Waals surface area contributed by atoms with Crippen LogP contribution in [-0.2, 0) is 19.2 Å². The van der Waals surface area contributed by atoms with Crippen LogP contribution in [0.15, 0.2) is 4.99 Å². The highest BCUT2D eigenvalue weighted by atomic mass is 16.2. The summed E-state index contributed by atoms with van der Waals surface area (Å²) in [5.74, 6) is -1.68.